The summed E-state index contributed by atoms with van der Waals surface area (Å²) in [6.45, 7) is 6.58. The first-order chi connectivity index (χ1) is 12.9. The van der Waals surface area contributed by atoms with E-state index in [1.165, 1.54) is 11.3 Å². The third-order valence-corrected chi connectivity index (χ3v) is 5.45. The molecule has 0 saturated heterocycles. The Labute approximate surface area is 158 Å². The SMILES string of the molecule is Cc1cc(CC=O)ccc1-c1noc(-c2nn(C)c3c2CCC(C)(C)C3)n1. The van der Waals surface area contributed by atoms with Crippen LogP contribution in [0.2, 0.25) is 0 Å². The van der Waals surface area contributed by atoms with Gasteiger partial charge in [0.15, 0.2) is 5.69 Å². The van der Waals surface area contributed by atoms with Crippen LogP contribution in [0.3, 0.4) is 0 Å². The maximum atomic E-state index is 10.7. The van der Waals surface area contributed by atoms with Crippen LogP contribution in [-0.4, -0.2) is 26.2 Å². The number of carbonyl (C=O) groups excluding carboxylic acids is 1. The third-order valence-electron chi connectivity index (χ3n) is 5.45. The lowest BCUT2D eigenvalue weighted by Gasteiger charge is -2.29. The summed E-state index contributed by atoms with van der Waals surface area (Å²) in [6, 6.07) is 5.86. The van der Waals surface area contributed by atoms with E-state index in [-0.39, 0.29) is 0 Å². The number of aromatic nitrogens is 4. The van der Waals surface area contributed by atoms with Gasteiger partial charge in [-0.2, -0.15) is 10.1 Å². The quantitative estimate of drug-likeness (QED) is 0.660. The summed E-state index contributed by atoms with van der Waals surface area (Å²) in [5, 5.41) is 8.86. The topological polar surface area (TPSA) is 73.8 Å². The van der Waals surface area contributed by atoms with Gasteiger partial charge < -0.3 is 9.32 Å². The molecule has 2 heterocycles. The number of hydrogen-bond donors (Lipinski definition) is 0. The molecule has 140 valence electrons. The minimum atomic E-state index is 0.290. The molecular weight excluding hydrogens is 340 g/mol. The second-order valence-electron chi connectivity index (χ2n) is 8.18. The summed E-state index contributed by atoms with van der Waals surface area (Å²) in [7, 11) is 1.98. The fourth-order valence-corrected chi connectivity index (χ4v) is 3.89. The third kappa shape index (κ3) is 3.20. The lowest BCUT2D eigenvalue weighted by Crippen LogP contribution is -2.23. The van der Waals surface area contributed by atoms with Crippen molar-refractivity contribution >= 4 is 6.29 Å². The van der Waals surface area contributed by atoms with E-state index in [0.717, 1.165) is 47.9 Å². The molecule has 27 heavy (non-hydrogen) atoms. The molecule has 0 unspecified atom stereocenters. The maximum absolute atomic E-state index is 10.7. The molecule has 0 aliphatic heterocycles. The molecule has 0 atom stereocenters. The van der Waals surface area contributed by atoms with Crippen LogP contribution in [0.1, 0.15) is 42.7 Å². The van der Waals surface area contributed by atoms with E-state index in [9.17, 15) is 4.79 Å². The predicted molar refractivity (Wildman–Crippen MR) is 102 cm³/mol. The Morgan fingerprint density at radius 3 is 2.89 bits per heavy atom. The Bertz CT molecular complexity index is 1010. The van der Waals surface area contributed by atoms with Crippen LogP contribution in [-0.2, 0) is 31.1 Å². The van der Waals surface area contributed by atoms with Gasteiger partial charge in [-0.15, -0.1) is 0 Å². The average Bonchev–Trinajstić information content (AvgIpc) is 3.20. The molecule has 1 aromatic carbocycles. The Morgan fingerprint density at radius 2 is 2.15 bits per heavy atom. The first-order valence-electron chi connectivity index (χ1n) is 9.30. The van der Waals surface area contributed by atoms with Crippen molar-refractivity contribution < 1.29 is 9.32 Å². The van der Waals surface area contributed by atoms with Gasteiger partial charge in [0.1, 0.15) is 6.29 Å². The molecule has 0 saturated carbocycles. The molecular formula is C21H24N4O2. The molecule has 0 N–H and O–H groups in total. The minimum absolute atomic E-state index is 0.290. The second-order valence-corrected chi connectivity index (χ2v) is 8.18. The van der Waals surface area contributed by atoms with Crippen molar-refractivity contribution in [1.29, 1.82) is 0 Å². The highest BCUT2D eigenvalue weighted by molar-refractivity contribution is 5.65. The molecule has 0 amide bonds. The van der Waals surface area contributed by atoms with Crippen molar-refractivity contribution in [2.45, 2.75) is 46.5 Å². The highest BCUT2D eigenvalue weighted by Crippen LogP contribution is 2.38. The van der Waals surface area contributed by atoms with E-state index in [1.54, 1.807) is 0 Å². The van der Waals surface area contributed by atoms with Crippen molar-refractivity contribution in [3.05, 3.63) is 40.6 Å². The van der Waals surface area contributed by atoms with Gasteiger partial charge in [-0.05, 0) is 42.7 Å². The average molecular weight is 364 g/mol. The Hall–Kier alpha value is -2.76. The van der Waals surface area contributed by atoms with Crippen LogP contribution < -0.4 is 0 Å². The highest BCUT2D eigenvalue weighted by Gasteiger charge is 2.32. The summed E-state index contributed by atoms with van der Waals surface area (Å²) >= 11 is 0. The van der Waals surface area contributed by atoms with Crippen molar-refractivity contribution in [2.75, 3.05) is 0 Å². The summed E-state index contributed by atoms with van der Waals surface area (Å²) in [4.78, 5) is 15.3. The number of carbonyl (C=O) groups is 1. The standard InChI is InChI=1S/C21H24N4O2/c1-13-11-14(8-10-26)5-6-15(13)19-22-20(27-24-19)18-16-7-9-21(2,3)12-17(16)25(4)23-18/h5-6,10-11H,7-9,12H2,1-4H3. The molecule has 0 spiro atoms. The first kappa shape index (κ1) is 17.6. The van der Waals surface area contributed by atoms with Crippen LogP contribution in [0.15, 0.2) is 22.7 Å². The van der Waals surface area contributed by atoms with Crippen LogP contribution in [0.25, 0.3) is 23.0 Å². The van der Waals surface area contributed by atoms with Crippen molar-refractivity contribution in [3.8, 4) is 23.0 Å². The molecule has 0 bridgehead atoms. The number of benzene rings is 1. The van der Waals surface area contributed by atoms with E-state index in [1.807, 2.05) is 36.9 Å². The predicted octanol–water partition coefficient (Wildman–Crippen LogP) is 3.70. The summed E-state index contributed by atoms with van der Waals surface area (Å²) in [5.74, 6) is 1.02. The van der Waals surface area contributed by atoms with Gasteiger partial charge in [0, 0.05) is 30.3 Å². The van der Waals surface area contributed by atoms with Crippen LogP contribution in [0.5, 0.6) is 0 Å². The maximum Gasteiger partial charge on any atom is 0.279 e. The molecule has 3 aromatic rings. The molecule has 6 heteroatoms. The zero-order valence-electron chi connectivity index (χ0n) is 16.2. The lowest BCUT2D eigenvalue weighted by molar-refractivity contribution is -0.107. The van der Waals surface area contributed by atoms with Gasteiger partial charge in [0.05, 0.1) is 0 Å². The number of aldehydes is 1. The van der Waals surface area contributed by atoms with E-state index in [4.69, 9.17) is 4.52 Å². The van der Waals surface area contributed by atoms with Crippen LogP contribution in [0, 0.1) is 12.3 Å². The molecule has 1 aliphatic rings. The smallest absolute Gasteiger partial charge is 0.279 e. The first-order valence-corrected chi connectivity index (χ1v) is 9.30. The van der Waals surface area contributed by atoms with Gasteiger partial charge in [-0.25, -0.2) is 0 Å². The number of fused-ring (bicyclic) bond motifs is 1. The number of hydrogen-bond acceptors (Lipinski definition) is 5. The molecule has 0 radical (unpaired) electrons. The number of nitrogens with zero attached hydrogens (tertiary/aromatic N) is 4. The molecule has 6 nitrogen and oxygen atoms in total. The summed E-state index contributed by atoms with van der Waals surface area (Å²) < 4.78 is 7.53. The van der Waals surface area contributed by atoms with Crippen LogP contribution in [0.4, 0.5) is 0 Å². The Kier molecular flexibility index (Phi) is 4.21. The lowest BCUT2D eigenvalue weighted by atomic mass is 9.76. The van der Waals surface area contributed by atoms with E-state index in [0.29, 0.717) is 23.6 Å². The molecule has 0 fully saturated rings. The zero-order chi connectivity index (χ0) is 19.2. The van der Waals surface area contributed by atoms with Crippen LogP contribution >= 0.6 is 0 Å². The van der Waals surface area contributed by atoms with E-state index in [2.05, 4.69) is 29.1 Å². The highest BCUT2D eigenvalue weighted by atomic mass is 16.5. The Morgan fingerprint density at radius 1 is 1.33 bits per heavy atom. The molecule has 2 aromatic heterocycles. The van der Waals surface area contributed by atoms with Gasteiger partial charge >= 0.3 is 0 Å². The normalized spacial score (nSPS) is 15.6. The van der Waals surface area contributed by atoms with Gasteiger partial charge in [0.25, 0.3) is 5.89 Å². The second kappa shape index (κ2) is 6.44. The van der Waals surface area contributed by atoms with Crippen molar-refractivity contribution in [3.63, 3.8) is 0 Å². The fourth-order valence-electron chi connectivity index (χ4n) is 3.89. The van der Waals surface area contributed by atoms with Gasteiger partial charge in [0.2, 0.25) is 5.82 Å². The molecule has 4 rings (SSSR count). The van der Waals surface area contributed by atoms with E-state index >= 15 is 0 Å². The summed E-state index contributed by atoms with van der Waals surface area (Å²) in [5.41, 5.74) is 6.49. The van der Waals surface area contributed by atoms with E-state index < -0.39 is 0 Å². The van der Waals surface area contributed by atoms with Gasteiger partial charge in [-0.1, -0.05) is 37.2 Å². The monoisotopic (exact) mass is 364 g/mol. The number of rotatable bonds is 4. The molecule has 1 aliphatic carbocycles. The number of aryl methyl sites for hydroxylation is 2. The van der Waals surface area contributed by atoms with Crippen molar-refractivity contribution in [1.82, 2.24) is 19.9 Å². The Balaban J connectivity index is 1.69. The largest absolute Gasteiger partial charge is 0.332 e. The zero-order valence-corrected chi connectivity index (χ0v) is 16.2. The van der Waals surface area contributed by atoms with Gasteiger partial charge in [-0.3, -0.25) is 4.68 Å². The summed E-state index contributed by atoms with van der Waals surface area (Å²) in [6.07, 6.45) is 4.42. The van der Waals surface area contributed by atoms with Crippen molar-refractivity contribution in [2.24, 2.45) is 12.5 Å². The minimum Gasteiger partial charge on any atom is -0.332 e. The fraction of sp³-hybridized carbons (Fsp3) is 0.429.